The molecule has 1 aliphatic heterocycles. The van der Waals surface area contributed by atoms with E-state index in [1.807, 2.05) is 26.0 Å². The highest BCUT2D eigenvalue weighted by Gasteiger charge is 2.39. The van der Waals surface area contributed by atoms with Gasteiger partial charge in [-0.25, -0.2) is 9.13 Å². The van der Waals surface area contributed by atoms with E-state index in [1.54, 1.807) is 11.0 Å². The van der Waals surface area contributed by atoms with E-state index in [4.69, 9.17) is 10.2 Å². The van der Waals surface area contributed by atoms with Gasteiger partial charge >= 0.3 is 0 Å². The Morgan fingerprint density at radius 3 is 1.89 bits per heavy atom. The van der Waals surface area contributed by atoms with Crippen LogP contribution >= 0.6 is 0 Å². The van der Waals surface area contributed by atoms with Crippen molar-refractivity contribution >= 4 is 16.9 Å². The number of imidazole rings is 1. The number of carbonyl (C=O) groups excluding carboxylic acids is 1. The van der Waals surface area contributed by atoms with Crippen molar-refractivity contribution < 1.29 is 60.4 Å². The number of aliphatic hydroxyl groups excluding tert-OH is 10. The summed E-state index contributed by atoms with van der Waals surface area (Å²) in [7, 11) is 0. The maximum Gasteiger partial charge on any atom is 0.254 e. The molecule has 1 fully saturated rings. The number of fused-ring (bicyclic) bond motifs is 1. The number of amides is 1. The van der Waals surface area contributed by atoms with Crippen molar-refractivity contribution in [3.63, 3.8) is 0 Å². The van der Waals surface area contributed by atoms with Crippen LogP contribution in [-0.2, 0) is 13.1 Å². The van der Waals surface area contributed by atoms with E-state index >= 15 is 0 Å². The summed E-state index contributed by atoms with van der Waals surface area (Å²) in [4.78, 5) is 16.7. The third kappa shape index (κ3) is 7.74. The van der Waals surface area contributed by atoms with Gasteiger partial charge in [0.05, 0.1) is 38.5 Å². The molecule has 10 N–H and O–H groups in total. The molecule has 15 nitrogen and oxygen atoms in total. The fourth-order valence-electron chi connectivity index (χ4n) is 6.00. The van der Waals surface area contributed by atoms with Gasteiger partial charge in [0, 0.05) is 50.8 Å². The first-order valence-corrected chi connectivity index (χ1v) is 15.0. The lowest BCUT2D eigenvalue weighted by Crippen LogP contribution is -2.55. The summed E-state index contributed by atoms with van der Waals surface area (Å²) in [6.07, 6.45) is -14.0. The molecule has 1 aromatic heterocycles. The molecule has 1 aromatic carbocycles. The summed E-state index contributed by atoms with van der Waals surface area (Å²) in [5, 5.41) is 100.0. The van der Waals surface area contributed by atoms with Crippen LogP contribution < -0.4 is 4.57 Å². The smallest absolute Gasteiger partial charge is 0.254 e. The summed E-state index contributed by atoms with van der Waals surface area (Å²) in [6, 6.07) is 5.03. The van der Waals surface area contributed by atoms with Gasteiger partial charge < -0.3 is 56.0 Å². The van der Waals surface area contributed by atoms with Gasteiger partial charge in [-0.05, 0) is 32.4 Å². The van der Waals surface area contributed by atoms with Crippen LogP contribution in [0, 0.1) is 6.92 Å². The maximum atomic E-state index is 13.6. The topological polar surface area (TPSA) is 235 Å². The number of carbonyl (C=O) groups is 1. The Balaban J connectivity index is 1.82. The molecule has 2 aromatic rings. The largest absolute Gasteiger partial charge is 0.394 e. The summed E-state index contributed by atoms with van der Waals surface area (Å²) in [5.41, 5.74) is 2.42. The molecule has 0 bridgehead atoms. The number of likely N-dealkylation sites (tertiary alicyclic amines) is 1. The Morgan fingerprint density at radius 1 is 0.886 bits per heavy atom. The van der Waals surface area contributed by atoms with E-state index in [9.17, 15) is 45.6 Å². The third-order valence-electron chi connectivity index (χ3n) is 8.68. The average Bonchev–Trinajstić information content (AvgIpc) is 3.63. The van der Waals surface area contributed by atoms with Crippen molar-refractivity contribution in [1.29, 1.82) is 0 Å². The van der Waals surface area contributed by atoms with Gasteiger partial charge in [-0.15, -0.1) is 0 Å². The molecule has 3 rings (SSSR count). The number of hydrogen-bond acceptors (Lipinski definition) is 12. The number of rotatable bonds is 16. The molecular formula is C29H49N4O11+. The van der Waals surface area contributed by atoms with Crippen LogP contribution in [0.4, 0.5) is 0 Å². The van der Waals surface area contributed by atoms with Crippen LogP contribution in [0.5, 0.6) is 0 Å². The van der Waals surface area contributed by atoms with Crippen molar-refractivity contribution in [2.45, 2.75) is 95.2 Å². The minimum atomic E-state index is -1.89. The molecule has 0 spiro atoms. The zero-order chi connectivity index (χ0) is 32.9. The number of aromatic nitrogens is 2. The molecule has 15 heteroatoms. The van der Waals surface area contributed by atoms with Crippen LogP contribution in [0.3, 0.4) is 0 Å². The van der Waals surface area contributed by atoms with Gasteiger partial charge in [-0.2, -0.15) is 0 Å². The monoisotopic (exact) mass is 629 g/mol. The van der Waals surface area contributed by atoms with E-state index in [0.717, 1.165) is 29.9 Å². The SMILES string of the molecule is CCn1c(C)[n+](CC)c2ccc(C(=O)N3CC[C@H](N(C[C@H](O)[C@@H](O)[C@H](O)[C@H](O)CO)C[C@H](O)[C@@H](O)[C@H](O)[C@H](O)CO)C3)cc21. The lowest BCUT2D eigenvalue weighted by atomic mass is 10.00. The Morgan fingerprint density at radius 2 is 1.41 bits per heavy atom. The fraction of sp³-hybridized carbons (Fsp3) is 0.724. The van der Waals surface area contributed by atoms with Crippen LogP contribution in [0.1, 0.15) is 36.5 Å². The van der Waals surface area contributed by atoms with Crippen LogP contribution in [0.15, 0.2) is 18.2 Å². The Labute approximate surface area is 256 Å². The van der Waals surface area contributed by atoms with E-state index in [1.165, 1.54) is 4.90 Å². The van der Waals surface area contributed by atoms with Gasteiger partial charge in [0.15, 0.2) is 11.0 Å². The van der Waals surface area contributed by atoms with Crippen molar-refractivity contribution in [2.75, 3.05) is 39.4 Å². The molecule has 1 aliphatic rings. The molecule has 0 radical (unpaired) electrons. The molecule has 0 aliphatic carbocycles. The van der Waals surface area contributed by atoms with Gasteiger partial charge in [-0.1, -0.05) is 0 Å². The molecule has 1 amide bonds. The Bertz CT molecular complexity index is 1200. The van der Waals surface area contributed by atoms with Gasteiger partial charge in [0.25, 0.3) is 11.7 Å². The number of aliphatic hydroxyl groups is 10. The average molecular weight is 630 g/mol. The Hall–Kier alpha value is -2.28. The normalized spacial score (nSPS) is 21.3. The summed E-state index contributed by atoms with van der Waals surface area (Å²) >= 11 is 0. The second kappa shape index (κ2) is 15.8. The van der Waals surface area contributed by atoms with Crippen LogP contribution in [0.2, 0.25) is 0 Å². The van der Waals surface area contributed by atoms with E-state index in [2.05, 4.69) is 16.1 Å². The second-order valence-corrected chi connectivity index (χ2v) is 11.5. The maximum absolute atomic E-state index is 13.6. The summed E-state index contributed by atoms with van der Waals surface area (Å²) in [5.74, 6) is 0.837. The third-order valence-corrected chi connectivity index (χ3v) is 8.68. The first-order valence-electron chi connectivity index (χ1n) is 15.0. The van der Waals surface area contributed by atoms with Crippen molar-refractivity contribution in [3.05, 3.63) is 29.6 Å². The molecule has 1 saturated heterocycles. The molecule has 9 atom stereocenters. The molecule has 0 saturated carbocycles. The van der Waals surface area contributed by atoms with Crippen molar-refractivity contribution in [2.24, 2.45) is 0 Å². The quantitative estimate of drug-likeness (QED) is 0.0794. The first-order chi connectivity index (χ1) is 20.8. The van der Waals surface area contributed by atoms with E-state index < -0.39 is 81.2 Å². The van der Waals surface area contributed by atoms with Gasteiger partial charge in [0.1, 0.15) is 36.6 Å². The molecule has 2 heterocycles. The van der Waals surface area contributed by atoms with Gasteiger partial charge in [0.2, 0.25) is 0 Å². The van der Waals surface area contributed by atoms with Crippen molar-refractivity contribution in [3.8, 4) is 0 Å². The lowest BCUT2D eigenvalue weighted by molar-refractivity contribution is -0.674. The zero-order valence-corrected chi connectivity index (χ0v) is 25.5. The lowest BCUT2D eigenvalue weighted by Gasteiger charge is -2.36. The standard InChI is InChI=1S/C29H49N4O11/c1-4-32-16(3)33(5-2)20-10-17(6-7-19(20)32)29(44)30-9-8-18(11-30)31(12-21(36)25(40)27(42)23(38)14-34)13-22(37)26(41)28(43)24(39)15-35/h6-7,10,18,21-28,34-43H,4-5,8-9,11-15H2,1-3H3/q+1/t18-,21-,22-,23+,24+,25+,26+,27+,28+/m0/s1. The summed E-state index contributed by atoms with van der Waals surface area (Å²) in [6.45, 7) is 5.57. The Kier molecular flexibility index (Phi) is 13.0. The highest BCUT2D eigenvalue weighted by atomic mass is 16.4. The minimum Gasteiger partial charge on any atom is -0.394 e. The van der Waals surface area contributed by atoms with E-state index in [-0.39, 0.29) is 12.5 Å². The predicted octanol–water partition coefficient (Wildman–Crippen LogP) is -4.33. The molecule has 0 unspecified atom stereocenters. The van der Waals surface area contributed by atoms with Gasteiger partial charge in [-0.3, -0.25) is 9.69 Å². The molecule has 44 heavy (non-hydrogen) atoms. The predicted molar refractivity (Wildman–Crippen MR) is 156 cm³/mol. The van der Waals surface area contributed by atoms with Crippen molar-refractivity contribution in [1.82, 2.24) is 14.4 Å². The summed E-state index contributed by atoms with van der Waals surface area (Å²) < 4.78 is 4.30. The number of aryl methyl sites for hydroxylation is 2. The molecular weight excluding hydrogens is 580 g/mol. The highest BCUT2D eigenvalue weighted by molar-refractivity contribution is 5.97. The van der Waals surface area contributed by atoms with Crippen LogP contribution in [0.25, 0.3) is 11.0 Å². The zero-order valence-electron chi connectivity index (χ0n) is 25.5. The van der Waals surface area contributed by atoms with E-state index in [0.29, 0.717) is 18.5 Å². The highest BCUT2D eigenvalue weighted by Crippen LogP contribution is 2.23. The number of benzene rings is 1. The van der Waals surface area contributed by atoms with Crippen LogP contribution in [-0.4, -0.2) is 166 Å². The first kappa shape index (κ1) is 36.2. The number of nitrogens with zero attached hydrogens (tertiary/aromatic N) is 4. The minimum absolute atomic E-state index is 0.148. The fourth-order valence-corrected chi connectivity index (χ4v) is 6.00. The molecule has 250 valence electrons. The number of hydrogen-bond donors (Lipinski definition) is 10. The second-order valence-electron chi connectivity index (χ2n) is 11.5.